The Labute approximate surface area is 90.7 Å². The Morgan fingerprint density at radius 3 is 1.88 bits per heavy atom. The molecule has 1 aliphatic heterocycles. The van der Waals surface area contributed by atoms with Crippen LogP contribution < -0.4 is 0 Å². The van der Waals surface area contributed by atoms with Crippen molar-refractivity contribution in [2.24, 2.45) is 0 Å². The first kappa shape index (κ1) is 14.5. The zero-order chi connectivity index (χ0) is 13.5. The molecule has 0 amide bonds. The van der Waals surface area contributed by atoms with Crippen molar-refractivity contribution in [3.63, 3.8) is 0 Å². The lowest BCUT2D eigenvalue weighted by molar-refractivity contribution is -0.339. The normalized spacial score (nSPS) is 22.1. The molecule has 0 aromatic rings. The van der Waals surface area contributed by atoms with Gasteiger partial charge < -0.3 is 4.74 Å². The quantitative estimate of drug-likeness (QED) is 0.533. The summed E-state index contributed by atoms with van der Waals surface area (Å²) in [7, 11) is 0. The van der Waals surface area contributed by atoms with Crippen molar-refractivity contribution in [1.82, 2.24) is 0 Å². The van der Waals surface area contributed by atoms with Gasteiger partial charge in [-0.25, -0.2) is 8.78 Å². The molecule has 1 fully saturated rings. The molecule has 0 aliphatic carbocycles. The highest BCUT2D eigenvalue weighted by molar-refractivity contribution is 4.98. The second-order valence-electron chi connectivity index (χ2n) is 3.70. The van der Waals surface area contributed by atoms with Gasteiger partial charge in [-0.2, -0.15) is 26.3 Å². The van der Waals surface area contributed by atoms with Crippen LogP contribution in [0.5, 0.6) is 0 Å². The SMILES string of the molecule is FC(F)C(F)(F)C(F)(F)C(F)(F)CCC1CO1. The molecule has 17 heavy (non-hydrogen) atoms. The van der Waals surface area contributed by atoms with Crippen molar-refractivity contribution >= 4 is 0 Å². The first-order valence-corrected chi connectivity index (χ1v) is 4.55. The van der Waals surface area contributed by atoms with Gasteiger partial charge in [-0.15, -0.1) is 0 Å². The van der Waals surface area contributed by atoms with Crippen molar-refractivity contribution in [3.05, 3.63) is 0 Å². The van der Waals surface area contributed by atoms with Crippen LogP contribution >= 0.6 is 0 Å². The third kappa shape index (κ3) is 2.63. The van der Waals surface area contributed by atoms with Crippen LogP contribution in [0.25, 0.3) is 0 Å². The molecule has 0 spiro atoms. The van der Waals surface area contributed by atoms with Crippen LogP contribution in [0.15, 0.2) is 0 Å². The molecule has 1 saturated heterocycles. The van der Waals surface area contributed by atoms with Crippen LogP contribution in [0.2, 0.25) is 0 Å². The monoisotopic (exact) mass is 272 g/mol. The van der Waals surface area contributed by atoms with Crippen molar-refractivity contribution in [3.8, 4) is 0 Å². The Morgan fingerprint density at radius 2 is 1.53 bits per heavy atom. The Kier molecular flexibility index (Phi) is 3.62. The van der Waals surface area contributed by atoms with Gasteiger partial charge in [0, 0.05) is 6.42 Å². The summed E-state index contributed by atoms with van der Waals surface area (Å²) in [6.07, 6.45) is -7.76. The molecule has 102 valence electrons. The molecule has 1 nitrogen and oxygen atoms in total. The number of alkyl halides is 8. The zero-order valence-electron chi connectivity index (χ0n) is 8.21. The lowest BCUT2D eigenvalue weighted by Crippen LogP contribution is -2.57. The Bertz CT molecular complexity index is 273. The molecule has 0 aromatic carbocycles. The second kappa shape index (κ2) is 4.25. The van der Waals surface area contributed by atoms with Crippen LogP contribution in [0.4, 0.5) is 35.1 Å². The predicted octanol–water partition coefficient (Wildman–Crippen LogP) is 3.34. The van der Waals surface area contributed by atoms with E-state index in [-0.39, 0.29) is 6.61 Å². The van der Waals surface area contributed by atoms with E-state index in [1.807, 2.05) is 0 Å². The minimum Gasteiger partial charge on any atom is -0.373 e. The van der Waals surface area contributed by atoms with E-state index < -0.39 is 43.1 Å². The summed E-state index contributed by atoms with van der Waals surface area (Å²) >= 11 is 0. The number of epoxide rings is 1. The van der Waals surface area contributed by atoms with Gasteiger partial charge in [-0.1, -0.05) is 0 Å². The van der Waals surface area contributed by atoms with Gasteiger partial charge in [0.15, 0.2) is 0 Å². The Balaban J connectivity index is 2.77. The summed E-state index contributed by atoms with van der Waals surface area (Å²) in [6, 6.07) is 0. The average Bonchev–Trinajstić information content (AvgIpc) is 2.97. The molecule has 0 N–H and O–H groups in total. The third-order valence-electron chi connectivity index (χ3n) is 2.33. The van der Waals surface area contributed by atoms with E-state index in [4.69, 9.17) is 0 Å². The maximum Gasteiger partial charge on any atom is 0.377 e. The number of hydrogen-bond acceptors (Lipinski definition) is 1. The average molecular weight is 272 g/mol. The van der Waals surface area contributed by atoms with Crippen LogP contribution in [-0.2, 0) is 4.74 Å². The van der Waals surface area contributed by atoms with Gasteiger partial charge in [-0.05, 0) is 6.42 Å². The molecule has 0 aromatic heterocycles. The van der Waals surface area contributed by atoms with Crippen LogP contribution in [0.1, 0.15) is 12.8 Å². The predicted molar refractivity (Wildman–Crippen MR) is 39.8 cm³/mol. The van der Waals surface area contributed by atoms with E-state index >= 15 is 0 Å². The van der Waals surface area contributed by atoms with E-state index in [9.17, 15) is 35.1 Å². The van der Waals surface area contributed by atoms with Gasteiger partial charge in [0.1, 0.15) is 0 Å². The smallest absolute Gasteiger partial charge is 0.373 e. The first-order valence-electron chi connectivity index (χ1n) is 4.55. The minimum absolute atomic E-state index is 0.0763. The fraction of sp³-hybridized carbons (Fsp3) is 1.00. The van der Waals surface area contributed by atoms with Crippen LogP contribution in [-0.4, -0.2) is 36.9 Å². The Hall–Kier alpha value is -0.600. The van der Waals surface area contributed by atoms with Crippen molar-refractivity contribution in [2.45, 2.75) is 43.1 Å². The molecule has 1 rings (SSSR count). The van der Waals surface area contributed by atoms with Crippen molar-refractivity contribution in [2.75, 3.05) is 6.61 Å². The first-order chi connectivity index (χ1) is 7.52. The molecule has 1 atom stereocenters. The van der Waals surface area contributed by atoms with Crippen molar-refractivity contribution in [1.29, 1.82) is 0 Å². The summed E-state index contributed by atoms with van der Waals surface area (Å²) < 4.78 is 103. The summed E-state index contributed by atoms with van der Waals surface area (Å²) in [4.78, 5) is 0. The van der Waals surface area contributed by atoms with Gasteiger partial charge >= 0.3 is 24.2 Å². The van der Waals surface area contributed by atoms with Gasteiger partial charge in [0.05, 0.1) is 12.7 Å². The number of halogens is 8. The largest absolute Gasteiger partial charge is 0.377 e. The Morgan fingerprint density at radius 1 is 1.06 bits per heavy atom. The van der Waals surface area contributed by atoms with Crippen molar-refractivity contribution < 1.29 is 39.9 Å². The highest BCUT2D eigenvalue weighted by Crippen LogP contribution is 2.50. The molecule has 1 aliphatic rings. The fourth-order valence-electron chi connectivity index (χ4n) is 1.11. The molecular weight excluding hydrogens is 264 g/mol. The molecular formula is C8H8F8O. The molecule has 0 bridgehead atoms. The minimum atomic E-state index is -6.09. The summed E-state index contributed by atoms with van der Waals surface area (Å²) in [5.74, 6) is -17.4. The van der Waals surface area contributed by atoms with Crippen LogP contribution in [0, 0.1) is 0 Å². The maximum atomic E-state index is 12.8. The van der Waals surface area contributed by atoms with E-state index in [1.165, 1.54) is 0 Å². The summed E-state index contributed by atoms with van der Waals surface area (Å²) in [6.45, 7) is 0.0763. The zero-order valence-corrected chi connectivity index (χ0v) is 8.21. The van der Waals surface area contributed by atoms with E-state index in [2.05, 4.69) is 4.74 Å². The maximum absolute atomic E-state index is 12.8. The van der Waals surface area contributed by atoms with E-state index in [1.54, 1.807) is 0 Å². The lowest BCUT2D eigenvalue weighted by atomic mass is 9.99. The topological polar surface area (TPSA) is 12.5 Å². The number of rotatable bonds is 6. The number of ether oxygens (including phenoxy) is 1. The van der Waals surface area contributed by atoms with E-state index in [0.29, 0.717) is 0 Å². The standard InChI is InChI=1S/C8H8F8O/c9-5(10)7(13,14)8(15,16)6(11,12)2-1-4-3-17-4/h4-5H,1-3H2. The number of hydrogen-bond donors (Lipinski definition) is 0. The molecule has 0 radical (unpaired) electrons. The fourth-order valence-corrected chi connectivity index (χ4v) is 1.11. The lowest BCUT2D eigenvalue weighted by Gasteiger charge is -2.32. The summed E-state index contributed by atoms with van der Waals surface area (Å²) in [5.41, 5.74) is 0. The van der Waals surface area contributed by atoms with Gasteiger partial charge in [0.25, 0.3) is 0 Å². The molecule has 9 heteroatoms. The van der Waals surface area contributed by atoms with Gasteiger partial charge in [0.2, 0.25) is 0 Å². The summed E-state index contributed by atoms with van der Waals surface area (Å²) in [5, 5.41) is 0. The third-order valence-corrected chi connectivity index (χ3v) is 2.33. The van der Waals surface area contributed by atoms with Crippen LogP contribution in [0.3, 0.4) is 0 Å². The van der Waals surface area contributed by atoms with Gasteiger partial charge in [-0.3, -0.25) is 0 Å². The molecule has 1 unspecified atom stereocenters. The molecule has 0 saturated carbocycles. The second-order valence-corrected chi connectivity index (χ2v) is 3.70. The highest BCUT2D eigenvalue weighted by Gasteiger charge is 2.74. The highest BCUT2D eigenvalue weighted by atomic mass is 19.4. The van der Waals surface area contributed by atoms with E-state index in [0.717, 1.165) is 0 Å². The molecule has 1 heterocycles.